The first-order valence-corrected chi connectivity index (χ1v) is 18.4. The van der Waals surface area contributed by atoms with Crippen LogP contribution in [0.1, 0.15) is 59.6 Å². The topological polar surface area (TPSA) is 163 Å². The van der Waals surface area contributed by atoms with Crippen LogP contribution < -0.4 is 24.8 Å². The quantitative estimate of drug-likeness (QED) is 0.0939. The van der Waals surface area contributed by atoms with Gasteiger partial charge in [0, 0.05) is 68.7 Å². The number of pyridine rings is 1. The molecule has 3 N–H and O–H groups in total. The number of nitrogens with one attached hydrogen (secondary N) is 3. The molecule has 0 radical (unpaired) electrons. The summed E-state index contributed by atoms with van der Waals surface area (Å²) in [6, 6.07) is 20.1. The molecule has 0 aliphatic carbocycles. The van der Waals surface area contributed by atoms with E-state index in [0.29, 0.717) is 41.2 Å². The molecule has 1 saturated heterocycles. The van der Waals surface area contributed by atoms with E-state index in [-0.39, 0.29) is 25.2 Å². The Kier molecular flexibility index (Phi) is 12.9. The number of carbonyl (C=O) groups is 1. The van der Waals surface area contributed by atoms with Crippen LogP contribution in [-0.4, -0.2) is 68.7 Å². The zero-order valence-corrected chi connectivity index (χ0v) is 31.4. The van der Waals surface area contributed by atoms with Crippen molar-refractivity contribution in [3.8, 4) is 34.4 Å². The lowest BCUT2D eigenvalue weighted by molar-refractivity contribution is -0.119. The first kappa shape index (κ1) is 38.0. The number of likely N-dealkylation sites (tertiary alicyclic amines) is 1. The Hall–Kier alpha value is -5.71. The lowest BCUT2D eigenvalue weighted by Gasteiger charge is -2.32. The summed E-state index contributed by atoms with van der Waals surface area (Å²) in [5, 5.41) is 29.6. The molecule has 280 valence electrons. The largest absolute Gasteiger partial charge is 0.493 e. The van der Waals surface area contributed by atoms with Crippen LogP contribution in [0.4, 0.5) is 5.95 Å². The summed E-state index contributed by atoms with van der Waals surface area (Å²) in [6.07, 6.45) is 6.07. The highest BCUT2D eigenvalue weighted by atomic mass is 35.5. The predicted molar refractivity (Wildman–Crippen MR) is 205 cm³/mol. The van der Waals surface area contributed by atoms with Crippen LogP contribution in [0.25, 0.3) is 11.1 Å². The second kappa shape index (κ2) is 18.4. The molecule has 0 unspecified atom stereocenters. The predicted octanol–water partition coefficient (Wildman–Crippen LogP) is 6.54. The van der Waals surface area contributed by atoms with Crippen molar-refractivity contribution >= 4 is 23.5 Å². The van der Waals surface area contributed by atoms with Crippen LogP contribution in [0.2, 0.25) is 5.02 Å². The number of piperidine rings is 1. The third-order valence-corrected chi connectivity index (χ3v) is 9.79. The second-order valence-corrected chi connectivity index (χ2v) is 13.7. The zero-order chi connectivity index (χ0) is 37.9. The molecule has 0 atom stereocenters. The highest BCUT2D eigenvalue weighted by Crippen LogP contribution is 2.36. The van der Waals surface area contributed by atoms with Crippen molar-refractivity contribution in [2.24, 2.45) is 0 Å². The number of rotatable bonds is 16. The molecular formula is C40H44ClN9O4. The molecule has 5 aromatic rings. The van der Waals surface area contributed by atoms with E-state index in [1.165, 1.54) is 6.20 Å². The number of tetrazole rings is 1. The number of H-pyrrole nitrogens is 1. The molecule has 14 heteroatoms. The van der Waals surface area contributed by atoms with Crippen molar-refractivity contribution in [1.29, 1.82) is 5.26 Å². The number of aromatic amines is 1. The first-order valence-electron chi connectivity index (χ1n) is 18.0. The van der Waals surface area contributed by atoms with Gasteiger partial charge in [-0.3, -0.25) is 9.78 Å². The Morgan fingerprint density at radius 2 is 1.74 bits per heavy atom. The van der Waals surface area contributed by atoms with Gasteiger partial charge in [0.1, 0.15) is 36.5 Å². The molecule has 1 aliphatic rings. The molecule has 2 aromatic heterocycles. The number of nitriles is 1. The Balaban J connectivity index is 1.11. The minimum Gasteiger partial charge on any atom is -0.493 e. The molecular weight excluding hydrogens is 706 g/mol. The number of hydrogen-bond donors (Lipinski definition) is 3. The van der Waals surface area contributed by atoms with Gasteiger partial charge in [-0.25, -0.2) is 5.10 Å². The van der Waals surface area contributed by atoms with Crippen molar-refractivity contribution in [2.75, 3.05) is 31.6 Å². The summed E-state index contributed by atoms with van der Waals surface area (Å²) in [5.74, 6) is 2.33. The van der Waals surface area contributed by atoms with E-state index < -0.39 is 0 Å². The average Bonchev–Trinajstić information content (AvgIpc) is 3.70. The van der Waals surface area contributed by atoms with Crippen LogP contribution in [0.5, 0.6) is 17.2 Å². The van der Waals surface area contributed by atoms with Crippen LogP contribution in [0, 0.1) is 25.2 Å². The van der Waals surface area contributed by atoms with Crippen LogP contribution in [0.3, 0.4) is 0 Å². The summed E-state index contributed by atoms with van der Waals surface area (Å²) < 4.78 is 18.9. The van der Waals surface area contributed by atoms with E-state index >= 15 is 0 Å². The van der Waals surface area contributed by atoms with E-state index in [9.17, 15) is 10.1 Å². The third kappa shape index (κ3) is 10.0. The fraction of sp³-hybridized carbons (Fsp3) is 0.350. The molecule has 1 fully saturated rings. The molecule has 1 aliphatic heterocycles. The fourth-order valence-electron chi connectivity index (χ4n) is 6.57. The molecule has 0 spiro atoms. The van der Waals surface area contributed by atoms with Crippen LogP contribution in [-0.2, 0) is 24.6 Å². The summed E-state index contributed by atoms with van der Waals surface area (Å²) in [7, 11) is 0. The van der Waals surface area contributed by atoms with Crippen LogP contribution in [0.15, 0.2) is 67.0 Å². The number of hydrogen-bond acceptors (Lipinski definition) is 11. The molecule has 0 saturated carbocycles. The average molecular weight is 750 g/mol. The fourth-order valence-corrected chi connectivity index (χ4v) is 6.81. The Labute approximate surface area is 320 Å². The maximum atomic E-state index is 11.4. The molecule has 0 bridgehead atoms. The van der Waals surface area contributed by atoms with Gasteiger partial charge in [0.05, 0.1) is 17.2 Å². The van der Waals surface area contributed by atoms with Crippen molar-refractivity contribution in [3.05, 3.63) is 105 Å². The number of benzene rings is 3. The van der Waals surface area contributed by atoms with Crippen molar-refractivity contribution in [1.82, 2.24) is 35.8 Å². The molecule has 1 amide bonds. The maximum Gasteiger partial charge on any atom is 0.240 e. The zero-order valence-electron chi connectivity index (χ0n) is 30.7. The van der Waals surface area contributed by atoms with Crippen LogP contribution >= 0.6 is 11.6 Å². The van der Waals surface area contributed by atoms with Crippen molar-refractivity contribution in [2.45, 2.75) is 65.8 Å². The minimum absolute atomic E-state index is 0.0463. The van der Waals surface area contributed by atoms with Gasteiger partial charge in [0.2, 0.25) is 11.9 Å². The Morgan fingerprint density at radius 3 is 2.50 bits per heavy atom. The van der Waals surface area contributed by atoms with Gasteiger partial charge in [0.25, 0.3) is 0 Å². The number of nitrogens with zero attached hydrogens (tertiary/aromatic N) is 6. The number of anilines is 1. The number of aromatic nitrogens is 5. The number of amides is 1. The SMILES string of the molecule is CC(=O)NC1CCN(CCCOc2cccc(-c3cccc(COc4cc(OCc5cncc(C#N)c5)c(CNc5nnn[nH]5)cc4Cl)c3C)c2C)CC1. The number of carbonyl (C=O) groups excluding carboxylic acids is 1. The summed E-state index contributed by atoms with van der Waals surface area (Å²) in [5.41, 5.74) is 7.36. The van der Waals surface area contributed by atoms with Gasteiger partial charge in [-0.1, -0.05) is 47.0 Å². The molecule has 13 nitrogen and oxygen atoms in total. The van der Waals surface area contributed by atoms with Gasteiger partial charge in [-0.2, -0.15) is 5.26 Å². The minimum atomic E-state index is 0.0463. The third-order valence-electron chi connectivity index (χ3n) is 9.50. The molecule has 3 heterocycles. The normalized spacial score (nSPS) is 13.2. The number of halogens is 1. The van der Waals surface area contributed by atoms with E-state index in [1.807, 2.05) is 18.2 Å². The van der Waals surface area contributed by atoms with Gasteiger partial charge in [-0.15, -0.1) is 0 Å². The molecule has 6 rings (SSSR count). The van der Waals surface area contributed by atoms with Crippen molar-refractivity contribution < 1.29 is 19.0 Å². The number of ether oxygens (including phenoxy) is 3. The summed E-state index contributed by atoms with van der Waals surface area (Å²) >= 11 is 6.78. The Morgan fingerprint density at radius 1 is 0.963 bits per heavy atom. The lowest BCUT2D eigenvalue weighted by atomic mass is 9.93. The van der Waals surface area contributed by atoms with Gasteiger partial charge >= 0.3 is 0 Å². The van der Waals surface area contributed by atoms with Gasteiger partial charge < -0.3 is 29.7 Å². The summed E-state index contributed by atoms with van der Waals surface area (Å²) in [4.78, 5) is 18.0. The van der Waals surface area contributed by atoms with E-state index in [1.54, 1.807) is 31.3 Å². The summed E-state index contributed by atoms with van der Waals surface area (Å²) in [6.45, 7) is 10.2. The standard InChI is InChI=1S/C40H44ClN9O4/c1-26-31(7-4-8-34(26)35-9-5-10-37(27(35)2)52-16-6-13-50-14-11-33(12-15-50)45-28(3)51)25-54-39-19-38(53-24-30-17-29(20-42)21-43-22-30)32(18-36(39)41)23-44-40-46-48-49-47-40/h4-5,7-10,17-19,21-22,33H,6,11-16,23-25H2,1-3H3,(H,45,51)(H2,44,46,47,48,49). The molecule has 3 aromatic carbocycles. The Bertz CT molecular complexity index is 2080. The van der Waals surface area contributed by atoms with Gasteiger partial charge in [-0.05, 0) is 89.6 Å². The van der Waals surface area contributed by atoms with Crippen molar-refractivity contribution in [3.63, 3.8) is 0 Å². The lowest BCUT2D eigenvalue weighted by Crippen LogP contribution is -2.44. The van der Waals surface area contributed by atoms with E-state index in [2.05, 4.69) is 79.3 Å². The van der Waals surface area contributed by atoms with E-state index in [4.69, 9.17) is 25.8 Å². The highest BCUT2D eigenvalue weighted by Gasteiger charge is 2.20. The monoisotopic (exact) mass is 749 g/mol. The molecule has 54 heavy (non-hydrogen) atoms. The van der Waals surface area contributed by atoms with Gasteiger partial charge in [0.15, 0.2) is 0 Å². The van der Waals surface area contributed by atoms with E-state index in [0.717, 1.165) is 83.6 Å². The maximum absolute atomic E-state index is 11.4. The highest BCUT2D eigenvalue weighted by molar-refractivity contribution is 6.32. The first-order chi connectivity index (χ1) is 26.3. The smallest absolute Gasteiger partial charge is 0.240 e. The second-order valence-electron chi connectivity index (χ2n) is 13.3.